The van der Waals surface area contributed by atoms with Gasteiger partial charge in [0.25, 0.3) is 0 Å². The SMILES string of the molecule is COc1cc(-c2noc(Cc3csc(N)n3)n2)ccc1F. The van der Waals surface area contributed by atoms with Crippen LogP contribution in [0.1, 0.15) is 11.6 Å². The lowest BCUT2D eigenvalue weighted by Gasteiger charge is -2.02. The van der Waals surface area contributed by atoms with Gasteiger partial charge in [0.2, 0.25) is 11.7 Å². The molecule has 0 atom stereocenters. The van der Waals surface area contributed by atoms with Gasteiger partial charge in [-0.3, -0.25) is 0 Å². The lowest BCUT2D eigenvalue weighted by molar-refractivity contribution is 0.383. The first-order valence-electron chi connectivity index (χ1n) is 6.02. The van der Waals surface area contributed by atoms with E-state index >= 15 is 0 Å². The Morgan fingerprint density at radius 1 is 1.38 bits per heavy atom. The fourth-order valence-electron chi connectivity index (χ4n) is 1.80. The number of nitrogens with zero attached hydrogens (tertiary/aromatic N) is 3. The molecule has 3 aromatic rings. The van der Waals surface area contributed by atoms with E-state index in [2.05, 4.69) is 15.1 Å². The van der Waals surface area contributed by atoms with Crippen LogP contribution in [-0.4, -0.2) is 22.2 Å². The second kappa shape index (κ2) is 5.49. The van der Waals surface area contributed by atoms with E-state index < -0.39 is 5.82 Å². The molecule has 2 aromatic heterocycles. The molecule has 0 radical (unpaired) electrons. The molecule has 0 bridgehead atoms. The van der Waals surface area contributed by atoms with E-state index in [0.717, 1.165) is 5.69 Å². The summed E-state index contributed by atoms with van der Waals surface area (Å²) in [6.45, 7) is 0. The number of nitrogens with two attached hydrogens (primary N) is 1. The van der Waals surface area contributed by atoms with Gasteiger partial charge >= 0.3 is 0 Å². The molecule has 0 aliphatic rings. The quantitative estimate of drug-likeness (QED) is 0.797. The van der Waals surface area contributed by atoms with E-state index in [-0.39, 0.29) is 5.75 Å². The monoisotopic (exact) mass is 306 g/mol. The van der Waals surface area contributed by atoms with Crippen LogP contribution in [0.3, 0.4) is 0 Å². The van der Waals surface area contributed by atoms with Crippen LogP contribution in [0.5, 0.6) is 5.75 Å². The molecule has 2 heterocycles. The molecule has 21 heavy (non-hydrogen) atoms. The number of thiazole rings is 1. The number of rotatable bonds is 4. The van der Waals surface area contributed by atoms with Gasteiger partial charge in [-0.1, -0.05) is 5.16 Å². The Bertz CT molecular complexity index is 771. The highest BCUT2D eigenvalue weighted by atomic mass is 32.1. The summed E-state index contributed by atoms with van der Waals surface area (Å²) < 4.78 is 23.5. The summed E-state index contributed by atoms with van der Waals surface area (Å²) >= 11 is 1.35. The number of anilines is 1. The molecule has 0 aliphatic carbocycles. The highest BCUT2D eigenvalue weighted by Crippen LogP contribution is 2.25. The minimum atomic E-state index is -0.442. The first-order valence-corrected chi connectivity index (χ1v) is 6.90. The highest BCUT2D eigenvalue weighted by molar-refractivity contribution is 7.13. The molecule has 0 aliphatic heterocycles. The van der Waals surface area contributed by atoms with Crippen molar-refractivity contribution < 1.29 is 13.7 Å². The minimum absolute atomic E-state index is 0.131. The van der Waals surface area contributed by atoms with Crippen molar-refractivity contribution in [2.24, 2.45) is 0 Å². The van der Waals surface area contributed by atoms with Crippen LogP contribution in [0, 0.1) is 5.82 Å². The Morgan fingerprint density at radius 3 is 2.95 bits per heavy atom. The normalized spacial score (nSPS) is 10.8. The predicted molar refractivity (Wildman–Crippen MR) is 75.6 cm³/mol. The summed E-state index contributed by atoms with van der Waals surface area (Å²) in [6.07, 6.45) is 0.402. The van der Waals surface area contributed by atoms with Gasteiger partial charge in [-0.15, -0.1) is 11.3 Å². The van der Waals surface area contributed by atoms with E-state index in [1.54, 1.807) is 6.07 Å². The van der Waals surface area contributed by atoms with Gasteiger partial charge in [0.05, 0.1) is 19.2 Å². The summed E-state index contributed by atoms with van der Waals surface area (Å²) in [7, 11) is 1.40. The second-order valence-electron chi connectivity index (χ2n) is 4.21. The topological polar surface area (TPSA) is 87.1 Å². The number of halogens is 1. The van der Waals surface area contributed by atoms with Crippen molar-refractivity contribution >= 4 is 16.5 Å². The van der Waals surface area contributed by atoms with Crippen molar-refractivity contribution in [3.8, 4) is 17.1 Å². The van der Waals surface area contributed by atoms with Crippen molar-refractivity contribution in [3.63, 3.8) is 0 Å². The second-order valence-corrected chi connectivity index (χ2v) is 5.10. The minimum Gasteiger partial charge on any atom is -0.494 e. The molecule has 0 amide bonds. The lowest BCUT2D eigenvalue weighted by Crippen LogP contribution is -1.91. The summed E-state index contributed by atoms with van der Waals surface area (Å²) in [6, 6.07) is 4.38. The van der Waals surface area contributed by atoms with Crippen molar-refractivity contribution in [1.82, 2.24) is 15.1 Å². The van der Waals surface area contributed by atoms with Gasteiger partial charge in [-0.05, 0) is 18.2 Å². The van der Waals surface area contributed by atoms with Crippen molar-refractivity contribution in [1.29, 1.82) is 0 Å². The van der Waals surface area contributed by atoms with Crippen LogP contribution in [0.15, 0.2) is 28.1 Å². The Hall–Kier alpha value is -2.48. The van der Waals surface area contributed by atoms with Crippen LogP contribution >= 0.6 is 11.3 Å². The first-order chi connectivity index (χ1) is 10.2. The van der Waals surface area contributed by atoms with E-state index in [0.29, 0.717) is 28.8 Å². The molecule has 0 saturated heterocycles. The van der Waals surface area contributed by atoms with Gasteiger partial charge < -0.3 is 15.0 Å². The average Bonchev–Trinajstić information content (AvgIpc) is 3.09. The standard InChI is InChI=1S/C13H11FN4O2S/c1-19-10-4-7(2-3-9(10)14)12-17-11(20-18-12)5-8-6-21-13(15)16-8/h2-4,6H,5H2,1H3,(H2,15,16). The predicted octanol–water partition coefficient (Wildman–Crippen LogP) is 2.51. The van der Waals surface area contributed by atoms with Crippen LogP contribution in [0.2, 0.25) is 0 Å². The zero-order valence-electron chi connectivity index (χ0n) is 11.0. The highest BCUT2D eigenvalue weighted by Gasteiger charge is 2.13. The molecule has 8 heteroatoms. The van der Waals surface area contributed by atoms with E-state index in [1.807, 2.05) is 5.38 Å². The number of nitrogen functional groups attached to an aromatic ring is 1. The van der Waals surface area contributed by atoms with E-state index in [9.17, 15) is 4.39 Å². The van der Waals surface area contributed by atoms with Gasteiger partial charge in [0.1, 0.15) is 0 Å². The third-order valence-electron chi connectivity index (χ3n) is 2.78. The van der Waals surface area contributed by atoms with Crippen LogP contribution in [0.4, 0.5) is 9.52 Å². The van der Waals surface area contributed by atoms with E-state index in [1.165, 1.54) is 30.6 Å². The molecular formula is C13H11FN4O2S. The number of benzene rings is 1. The fraction of sp³-hybridized carbons (Fsp3) is 0.154. The van der Waals surface area contributed by atoms with Crippen molar-refractivity contribution in [2.45, 2.75) is 6.42 Å². The van der Waals surface area contributed by atoms with Crippen LogP contribution in [-0.2, 0) is 6.42 Å². The molecule has 0 fully saturated rings. The van der Waals surface area contributed by atoms with E-state index in [4.69, 9.17) is 15.0 Å². The zero-order valence-corrected chi connectivity index (χ0v) is 11.9. The molecule has 6 nitrogen and oxygen atoms in total. The maximum absolute atomic E-state index is 13.4. The van der Waals surface area contributed by atoms with Gasteiger partial charge in [-0.2, -0.15) is 4.98 Å². The average molecular weight is 306 g/mol. The summed E-state index contributed by atoms with van der Waals surface area (Å²) in [5.74, 6) is 0.471. The largest absolute Gasteiger partial charge is 0.494 e. The van der Waals surface area contributed by atoms with Crippen LogP contribution in [0.25, 0.3) is 11.4 Å². The molecule has 0 saturated carbocycles. The Kier molecular flexibility index (Phi) is 3.53. The Morgan fingerprint density at radius 2 is 2.24 bits per heavy atom. The number of hydrogen-bond donors (Lipinski definition) is 1. The smallest absolute Gasteiger partial charge is 0.233 e. The van der Waals surface area contributed by atoms with Gasteiger partial charge in [0, 0.05) is 10.9 Å². The Labute approximate surface area is 123 Å². The first kappa shape index (κ1) is 13.5. The number of aromatic nitrogens is 3. The molecule has 0 unspecified atom stereocenters. The third-order valence-corrected chi connectivity index (χ3v) is 3.50. The van der Waals surface area contributed by atoms with Crippen LogP contribution < -0.4 is 10.5 Å². The summed E-state index contributed by atoms with van der Waals surface area (Å²) in [4.78, 5) is 8.38. The van der Waals surface area contributed by atoms with Crippen molar-refractivity contribution in [2.75, 3.05) is 12.8 Å². The van der Waals surface area contributed by atoms with Gasteiger partial charge in [-0.25, -0.2) is 9.37 Å². The Balaban J connectivity index is 1.84. The maximum Gasteiger partial charge on any atom is 0.233 e. The molecule has 1 aromatic carbocycles. The zero-order chi connectivity index (χ0) is 14.8. The molecule has 0 spiro atoms. The number of hydrogen-bond acceptors (Lipinski definition) is 7. The molecule has 3 rings (SSSR count). The third kappa shape index (κ3) is 2.84. The molecule has 2 N–H and O–H groups in total. The van der Waals surface area contributed by atoms with Gasteiger partial charge in [0.15, 0.2) is 16.7 Å². The van der Waals surface area contributed by atoms with Crippen molar-refractivity contribution in [3.05, 3.63) is 41.0 Å². The fourth-order valence-corrected chi connectivity index (χ4v) is 2.36. The number of ether oxygens (including phenoxy) is 1. The number of methoxy groups -OCH3 is 1. The lowest BCUT2D eigenvalue weighted by atomic mass is 10.2. The molecular weight excluding hydrogens is 295 g/mol. The summed E-state index contributed by atoms with van der Waals surface area (Å²) in [5, 5.41) is 6.20. The molecule has 108 valence electrons. The maximum atomic E-state index is 13.4. The summed E-state index contributed by atoms with van der Waals surface area (Å²) in [5.41, 5.74) is 6.95.